The molecule has 0 aromatic rings. The van der Waals surface area contributed by atoms with E-state index < -0.39 is 0 Å². The number of rotatable bonds is 4. The standard InChI is InChI=1S/C34H54O4/c1-21(2)24-12-17-34(20-37-22(3)35)19-18-32(8)25(29(24)34)10-11-27-31(7)15-14-28(38-23(4)36)30(5,6)26(31)13-16-33(27,32)9/h24-29H,1,10-20H2,2-9H3/t24-,25+,26-,27+,28-,29-,31-,32+,33+,34+/m0/s1. The van der Waals surface area contributed by atoms with Gasteiger partial charge in [-0.25, -0.2) is 0 Å². The van der Waals surface area contributed by atoms with Crippen molar-refractivity contribution in [2.45, 2.75) is 126 Å². The van der Waals surface area contributed by atoms with Crippen LogP contribution in [0.15, 0.2) is 12.2 Å². The fraction of sp³-hybridized carbons (Fsp3) is 0.882. The van der Waals surface area contributed by atoms with Gasteiger partial charge >= 0.3 is 11.9 Å². The Morgan fingerprint density at radius 3 is 2.11 bits per heavy atom. The van der Waals surface area contributed by atoms with Gasteiger partial charge in [0, 0.05) is 24.7 Å². The third kappa shape index (κ3) is 3.80. The smallest absolute Gasteiger partial charge is 0.302 e. The molecule has 0 aromatic heterocycles. The van der Waals surface area contributed by atoms with E-state index in [1.54, 1.807) is 13.8 Å². The lowest BCUT2D eigenvalue weighted by atomic mass is 9.32. The van der Waals surface area contributed by atoms with Gasteiger partial charge < -0.3 is 9.47 Å². The first kappa shape index (κ1) is 28.2. The summed E-state index contributed by atoms with van der Waals surface area (Å²) < 4.78 is 11.7. The Hall–Kier alpha value is -1.32. The molecule has 10 atom stereocenters. The summed E-state index contributed by atoms with van der Waals surface area (Å²) in [5, 5.41) is 0. The zero-order chi connectivity index (χ0) is 27.9. The Bertz CT molecular complexity index is 998. The van der Waals surface area contributed by atoms with Crippen molar-refractivity contribution in [2.75, 3.05) is 6.61 Å². The normalized spacial score (nSPS) is 49.1. The minimum absolute atomic E-state index is 0.00000109. The van der Waals surface area contributed by atoms with Crippen molar-refractivity contribution in [3.05, 3.63) is 12.2 Å². The molecule has 5 saturated carbocycles. The highest BCUT2D eigenvalue weighted by molar-refractivity contribution is 5.66. The number of hydrogen-bond acceptors (Lipinski definition) is 4. The lowest BCUT2D eigenvalue weighted by molar-refractivity contribution is -0.252. The largest absolute Gasteiger partial charge is 0.465 e. The molecule has 0 saturated heterocycles. The predicted octanol–water partition coefficient (Wildman–Crippen LogP) is 8.14. The van der Waals surface area contributed by atoms with Gasteiger partial charge in [0.25, 0.3) is 0 Å². The van der Waals surface area contributed by atoms with Gasteiger partial charge in [0.1, 0.15) is 6.10 Å². The highest BCUT2D eigenvalue weighted by Gasteiger charge is 2.71. The molecule has 0 radical (unpaired) electrons. The highest BCUT2D eigenvalue weighted by atomic mass is 16.5. The molecule has 0 spiro atoms. The van der Waals surface area contributed by atoms with Crippen molar-refractivity contribution in [3.8, 4) is 0 Å². The van der Waals surface area contributed by atoms with E-state index in [2.05, 4.69) is 48.1 Å². The molecule has 5 aliphatic carbocycles. The Labute approximate surface area is 232 Å². The van der Waals surface area contributed by atoms with E-state index in [0.717, 1.165) is 12.8 Å². The molecule has 0 aromatic carbocycles. The SMILES string of the molecule is C=C(C)[C@@H]1CC[C@]2(COC(C)=O)CC[C@]3(C)[C@H](CC[C@@H]4[C@@]5(C)CC[C@H](OC(C)=O)C(C)(C)[C@@H]5CC[C@]43C)[C@H]12. The van der Waals surface area contributed by atoms with Gasteiger partial charge in [-0.3, -0.25) is 9.59 Å². The van der Waals surface area contributed by atoms with Crippen molar-refractivity contribution >= 4 is 11.9 Å². The van der Waals surface area contributed by atoms with E-state index in [4.69, 9.17) is 9.47 Å². The molecule has 0 unspecified atom stereocenters. The van der Waals surface area contributed by atoms with Gasteiger partial charge in [-0.05, 0) is 117 Å². The predicted molar refractivity (Wildman–Crippen MR) is 151 cm³/mol. The van der Waals surface area contributed by atoms with Gasteiger partial charge in [-0.2, -0.15) is 0 Å². The Kier molecular flexibility index (Phi) is 6.76. The van der Waals surface area contributed by atoms with Crippen LogP contribution in [0.25, 0.3) is 0 Å². The molecule has 0 amide bonds. The molecule has 38 heavy (non-hydrogen) atoms. The van der Waals surface area contributed by atoms with Crippen LogP contribution in [0, 0.1) is 56.7 Å². The molecule has 0 aliphatic heterocycles. The van der Waals surface area contributed by atoms with Gasteiger partial charge in [0.05, 0.1) is 6.61 Å². The van der Waals surface area contributed by atoms with Gasteiger partial charge in [0.2, 0.25) is 0 Å². The number of esters is 2. The third-order valence-electron chi connectivity index (χ3n) is 14.0. The van der Waals surface area contributed by atoms with E-state index in [0.29, 0.717) is 41.6 Å². The summed E-state index contributed by atoms with van der Waals surface area (Å²) in [4.78, 5) is 23.8. The van der Waals surface area contributed by atoms with Crippen LogP contribution in [0.2, 0.25) is 0 Å². The van der Waals surface area contributed by atoms with Crippen molar-refractivity contribution in [3.63, 3.8) is 0 Å². The molecular weight excluding hydrogens is 472 g/mol. The monoisotopic (exact) mass is 526 g/mol. The van der Waals surface area contributed by atoms with Crippen molar-refractivity contribution in [1.82, 2.24) is 0 Å². The first-order chi connectivity index (χ1) is 17.6. The third-order valence-corrected chi connectivity index (χ3v) is 14.0. The van der Waals surface area contributed by atoms with Crippen LogP contribution in [0.4, 0.5) is 0 Å². The lowest BCUT2D eigenvalue weighted by Gasteiger charge is -2.73. The quantitative estimate of drug-likeness (QED) is 0.274. The average molecular weight is 527 g/mol. The summed E-state index contributed by atoms with van der Waals surface area (Å²) in [7, 11) is 0. The maximum Gasteiger partial charge on any atom is 0.302 e. The maximum atomic E-state index is 11.9. The summed E-state index contributed by atoms with van der Waals surface area (Å²) >= 11 is 0. The van der Waals surface area contributed by atoms with Crippen LogP contribution in [-0.4, -0.2) is 24.6 Å². The van der Waals surface area contributed by atoms with Crippen molar-refractivity contribution in [2.24, 2.45) is 56.7 Å². The molecule has 4 nitrogen and oxygen atoms in total. The summed E-state index contributed by atoms with van der Waals surface area (Å²) in [5.74, 6) is 2.76. The van der Waals surface area contributed by atoms with Crippen molar-refractivity contribution < 1.29 is 19.1 Å². The number of carbonyl (C=O) groups excluding carboxylic acids is 2. The van der Waals surface area contributed by atoms with Crippen LogP contribution in [0.1, 0.15) is 120 Å². The maximum absolute atomic E-state index is 11.9. The summed E-state index contributed by atoms with van der Waals surface area (Å²) in [6.45, 7) is 23.1. The van der Waals surface area contributed by atoms with Crippen molar-refractivity contribution in [1.29, 1.82) is 0 Å². The molecule has 0 N–H and O–H groups in total. The molecule has 0 heterocycles. The molecule has 214 valence electrons. The second-order valence-corrected chi connectivity index (χ2v) is 15.8. The van der Waals surface area contributed by atoms with Crippen LogP contribution < -0.4 is 0 Å². The number of ether oxygens (including phenoxy) is 2. The molecule has 5 rings (SSSR count). The Morgan fingerprint density at radius 2 is 1.47 bits per heavy atom. The van der Waals surface area contributed by atoms with Gasteiger partial charge in [-0.15, -0.1) is 0 Å². The van der Waals surface area contributed by atoms with Crippen LogP contribution >= 0.6 is 0 Å². The van der Waals surface area contributed by atoms with Crippen LogP contribution in [-0.2, 0) is 19.1 Å². The van der Waals surface area contributed by atoms with Gasteiger partial charge in [-0.1, -0.05) is 46.8 Å². The average Bonchev–Trinajstić information content (AvgIpc) is 3.20. The first-order valence-electron chi connectivity index (χ1n) is 15.6. The van der Waals surface area contributed by atoms with Gasteiger partial charge in [0.15, 0.2) is 0 Å². The van der Waals surface area contributed by atoms with E-state index >= 15 is 0 Å². The number of carbonyl (C=O) groups is 2. The molecule has 4 heteroatoms. The fourth-order valence-electron chi connectivity index (χ4n) is 12.2. The Balaban J connectivity index is 1.49. The number of allylic oxidation sites excluding steroid dienone is 1. The fourth-order valence-corrected chi connectivity index (χ4v) is 12.2. The van der Waals surface area contributed by atoms with E-state index in [-0.39, 0.29) is 39.7 Å². The van der Waals surface area contributed by atoms with E-state index in [9.17, 15) is 9.59 Å². The first-order valence-corrected chi connectivity index (χ1v) is 15.6. The topological polar surface area (TPSA) is 52.6 Å². The lowest BCUT2D eigenvalue weighted by Crippen LogP contribution is -2.67. The summed E-state index contributed by atoms with van der Waals surface area (Å²) in [5.41, 5.74) is 2.30. The highest BCUT2D eigenvalue weighted by Crippen LogP contribution is 2.77. The van der Waals surface area contributed by atoms with E-state index in [1.165, 1.54) is 56.9 Å². The molecule has 5 aliphatic rings. The minimum Gasteiger partial charge on any atom is -0.465 e. The number of fused-ring (bicyclic) bond motifs is 7. The van der Waals surface area contributed by atoms with E-state index in [1.807, 2.05) is 0 Å². The van der Waals surface area contributed by atoms with Crippen LogP contribution in [0.3, 0.4) is 0 Å². The zero-order valence-corrected chi connectivity index (χ0v) is 25.6. The second-order valence-electron chi connectivity index (χ2n) is 15.8. The number of hydrogen-bond donors (Lipinski definition) is 0. The second kappa shape index (κ2) is 9.10. The molecule has 0 bridgehead atoms. The zero-order valence-electron chi connectivity index (χ0n) is 25.6. The van der Waals surface area contributed by atoms with Crippen LogP contribution in [0.5, 0.6) is 0 Å². The summed E-state index contributed by atoms with van der Waals surface area (Å²) in [6, 6.07) is 0. The molecular formula is C34H54O4. The minimum atomic E-state index is -0.140. The Morgan fingerprint density at radius 1 is 0.763 bits per heavy atom. The molecule has 5 fully saturated rings. The summed E-state index contributed by atoms with van der Waals surface area (Å²) in [6.07, 6.45) is 12.0.